The predicted octanol–water partition coefficient (Wildman–Crippen LogP) is 2.89. The topological polar surface area (TPSA) is 87.5 Å². The van der Waals surface area contributed by atoms with Gasteiger partial charge in [0.15, 0.2) is 0 Å². The molecule has 0 radical (unpaired) electrons. The fraction of sp³-hybridized carbons (Fsp3) is 0.350. The molecule has 2 aromatic rings. The number of carbonyl (C=O) groups excluding carboxylic acids is 1. The lowest BCUT2D eigenvalue weighted by molar-refractivity contribution is -0.384. The maximum absolute atomic E-state index is 11.8. The number of likely N-dealkylation sites (tertiary alicyclic amines) is 1. The Bertz CT molecular complexity index is 825. The molecule has 2 unspecified atom stereocenters. The van der Waals surface area contributed by atoms with Gasteiger partial charge in [-0.3, -0.25) is 19.8 Å². The molecule has 1 heterocycles. The van der Waals surface area contributed by atoms with Crippen LogP contribution in [0.15, 0.2) is 48.5 Å². The molecule has 0 saturated carbocycles. The van der Waals surface area contributed by atoms with Crippen molar-refractivity contribution in [2.24, 2.45) is 5.92 Å². The normalized spacial score (nSPS) is 19.6. The second kappa shape index (κ2) is 8.18. The van der Waals surface area contributed by atoms with Gasteiger partial charge in [0.1, 0.15) is 5.69 Å². The highest BCUT2D eigenvalue weighted by Crippen LogP contribution is 2.29. The number of rotatable bonds is 6. The lowest BCUT2D eigenvalue weighted by Gasteiger charge is -2.19. The Morgan fingerprint density at radius 2 is 1.96 bits per heavy atom. The molecule has 1 amide bonds. The van der Waals surface area contributed by atoms with Gasteiger partial charge in [0.25, 0.3) is 11.6 Å². The van der Waals surface area contributed by atoms with Gasteiger partial charge in [0, 0.05) is 44.4 Å². The van der Waals surface area contributed by atoms with Gasteiger partial charge in [-0.05, 0) is 23.6 Å². The fourth-order valence-electron chi connectivity index (χ4n) is 3.52. The van der Waals surface area contributed by atoms with E-state index in [0.717, 1.165) is 19.6 Å². The first-order valence-corrected chi connectivity index (χ1v) is 9.01. The first kappa shape index (κ1) is 18.8. The van der Waals surface area contributed by atoms with Gasteiger partial charge < -0.3 is 10.6 Å². The van der Waals surface area contributed by atoms with Crippen LogP contribution in [-0.2, 0) is 6.54 Å². The Morgan fingerprint density at radius 1 is 1.22 bits per heavy atom. The van der Waals surface area contributed by atoms with Crippen molar-refractivity contribution in [1.29, 1.82) is 0 Å². The van der Waals surface area contributed by atoms with Crippen LogP contribution in [0.2, 0.25) is 0 Å². The second-order valence-electron chi connectivity index (χ2n) is 6.98. The number of nitro benzene ring substituents is 1. The van der Waals surface area contributed by atoms with E-state index in [1.807, 2.05) is 18.2 Å². The number of anilines is 1. The summed E-state index contributed by atoms with van der Waals surface area (Å²) in [7, 11) is 1.50. The number of nitrogens with one attached hydrogen (secondary N) is 2. The van der Waals surface area contributed by atoms with Crippen molar-refractivity contribution < 1.29 is 9.72 Å². The van der Waals surface area contributed by atoms with E-state index in [4.69, 9.17) is 0 Å². The van der Waals surface area contributed by atoms with Crippen molar-refractivity contribution in [3.8, 4) is 0 Å². The number of nitrogens with zero attached hydrogens (tertiary/aromatic N) is 2. The summed E-state index contributed by atoms with van der Waals surface area (Å²) in [5.41, 5.74) is 1.90. The van der Waals surface area contributed by atoms with Crippen molar-refractivity contribution in [2.75, 3.05) is 25.5 Å². The highest BCUT2D eigenvalue weighted by Gasteiger charge is 2.31. The fourth-order valence-corrected chi connectivity index (χ4v) is 3.52. The number of carbonyl (C=O) groups is 1. The Kier molecular flexibility index (Phi) is 5.71. The van der Waals surface area contributed by atoms with Crippen LogP contribution in [0.25, 0.3) is 0 Å². The molecule has 7 heteroatoms. The molecule has 0 bridgehead atoms. The first-order chi connectivity index (χ1) is 13.0. The number of hydrogen-bond acceptors (Lipinski definition) is 5. The molecule has 7 nitrogen and oxygen atoms in total. The van der Waals surface area contributed by atoms with E-state index in [0.29, 0.717) is 11.6 Å². The highest BCUT2D eigenvalue weighted by molar-refractivity contribution is 5.95. The zero-order valence-electron chi connectivity index (χ0n) is 15.5. The van der Waals surface area contributed by atoms with E-state index in [-0.39, 0.29) is 23.2 Å². The third kappa shape index (κ3) is 4.43. The van der Waals surface area contributed by atoms with Crippen LogP contribution in [0.5, 0.6) is 0 Å². The number of benzene rings is 2. The highest BCUT2D eigenvalue weighted by atomic mass is 16.6. The molecule has 2 aromatic carbocycles. The molecule has 1 aliphatic heterocycles. The summed E-state index contributed by atoms with van der Waals surface area (Å²) in [5.74, 6) is 0.0138. The van der Waals surface area contributed by atoms with Crippen molar-refractivity contribution in [1.82, 2.24) is 10.2 Å². The summed E-state index contributed by atoms with van der Waals surface area (Å²) in [6.07, 6.45) is 0. The SMILES string of the molecule is CNC(=O)c1ccc(NC2CN(Cc3ccccc3)CC2C)c([N+](=O)[O-])c1. The molecular weight excluding hydrogens is 344 g/mol. The molecule has 0 aromatic heterocycles. The maximum Gasteiger partial charge on any atom is 0.293 e. The molecule has 1 aliphatic rings. The Morgan fingerprint density at radius 3 is 2.63 bits per heavy atom. The minimum atomic E-state index is -0.448. The zero-order chi connectivity index (χ0) is 19.4. The van der Waals surface area contributed by atoms with E-state index in [1.165, 1.54) is 18.7 Å². The third-order valence-electron chi connectivity index (χ3n) is 4.96. The van der Waals surface area contributed by atoms with Crippen LogP contribution in [0.1, 0.15) is 22.8 Å². The molecule has 27 heavy (non-hydrogen) atoms. The molecule has 1 fully saturated rings. The summed E-state index contributed by atoms with van der Waals surface area (Å²) in [6, 6.07) is 14.9. The van der Waals surface area contributed by atoms with Gasteiger partial charge >= 0.3 is 0 Å². The second-order valence-corrected chi connectivity index (χ2v) is 6.98. The van der Waals surface area contributed by atoms with Crippen molar-refractivity contribution in [3.05, 3.63) is 69.8 Å². The molecule has 3 rings (SSSR count). The van der Waals surface area contributed by atoms with Crippen LogP contribution >= 0.6 is 0 Å². The lowest BCUT2D eigenvalue weighted by Crippen LogP contribution is -2.28. The van der Waals surface area contributed by atoms with E-state index < -0.39 is 4.92 Å². The minimum absolute atomic E-state index is 0.0789. The van der Waals surface area contributed by atoms with Gasteiger partial charge in [-0.2, -0.15) is 0 Å². The molecule has 142 valence electrons. The minimum Gasteiger partial charge on any atom is -0.375 e. The van der Waals surface area contributed by atoms with Gasteiger partial charge in [0.2, 0.25) is 0 Å². The Balaban J connectivity index is 1.72. The van der Waals surface area contributed by atoms with Crippen LogP contribution < -0.4 is 10.6 Å². The number of amides is 1. The van der Waals surface area contributed by atoms with Crippen molar-refractivity contribution in [3.63, 3.8) is 0 Å². The van der Waals surface area contributed by atoms with Gasteiger partial charge in [-0.15, -0.1) is 0 Å². The lowest BCUT2D eigenvalue weighted by atomic mass is 10.1. The quantitative estimate of drug-likeness (QED) is 0.605. The van der Waals surface area contributed by atoms with E-state index in [2.05, 4.69) is 34.6 Å². The monoisotopic (exact) mass is 368 g/mol. The average Bonchev–Trinajstić information content (AvgIpc) is 3.00. The predicted molar refractivity (Wildman–Crippen MR) is 105 cm³/mol. The molecule has 2 N–H and O–H groups in total. The third-order valence-corrected chi connectivity index (χ3v) is 4.96. The van der Waals surface area contributed by atoms with Gasteiger partial charge in [0.05, 0.1) is 4.92 Å². The van der Waals surface area contributed by atoms with E-state index >= 15 is 0 Å². The summed E-state index contributed by atoms with van der Waals surface area (Å²) in [5, 5.41) is 17.3. The maximum atomic E-state index is 11.8. The summed E-state index contributed by atoms with van der Waals surface area (Å²) in [6.45, 7) is 4.75. The number of hydrogen-bond donors (Lipinski definition) is 2. The number of nitro groups is 1. The van der Waals surface area contributed by atoms with Crippen molar-refractivity contribution in [2.45, 2.75) is 19.5 Å². The summed E-state index contributed by atoms with van der Waals surface area (Å²) >= 11 is 0. The average molecular weight is 368 g/mol. The Labute approximate surface area is 158 Å². The molecule has 0 aliphatic carbocycles. The van der Waals surface area contributed by atoms with Gasteiger partial charge in [-0.25, -0.2) is 0 Å². The largest absolute Gasteiger partial charge is 0.375 e. The van der Waals surface area contributed by atoms with Crippen LogP contribution in [0.4, 0.5) is 11.4 Å². The molecule has 2 atom stereocenters. The summed E-state index contributed by atoms with van der Waals surface area (Å²) in [4.78, 5) is 25.1. The molecule has 1 saturated heterocycles. The standard InChI is InChI=1S/C20H24N4O3/c1-14-11-23(12-15-6-4-3-5-7-15)13-18(14)22-17-9-8-16(20(25)21-2)10-19(17)24(26)27/h3-10,14,18,22H,11-13H2,1-2H3,(H,21,25). The zero-order valence-corrected chi connectivity index (χ0v) is 15.5. The molecular formula is C20H24N4O3. The van der Waals surface area contributed by atoms with E-state index in [1.54, 1.807) is 12.1 Å². The summed E-state index contributed by atoms with van der Waals surface area (Å²) < 4.78 is 0. The van der Waals surface area contributed by atoms with E-state index in [9.17, 15) is 14.9 Å². The Hall–Kier alpha value is -2.93. The van der Waals surface area contributed by atoms with Crippen LogP contribution in [-0.4, -0.2) is 41.9 Å². The van der Waals surface area contributed by atoms with Crippen molar-refractivity contribution >= 4 is 17.3 Å². The smallest absolute Gasteiger partial charge is 0.293 e. The van der Waals surface area contributed by atoms with Crippen LogP contribution in [0, 0.1) is 16.0 Å². The van der Waals surface area contributed by atoms with Gasteiger partial charge in [-0.1, -0.05) is 37.3 Å². The first-order valence-electron chi connectivity index (χ1n) is 9.01. The molecule has 0 spiro atoms. The van der Waals surface area contributed by atoms with Crippen LogP contribution in [0.3, 0.4) is 0 Å².